The van der Waals surface area contributed by atoms with Gasteiger partial charge < -0.3 is 15.1 Å². The fourth-order valence-corrected chi connectivity index (χ4v) is 4.80. The molecule has 3 aromatic rings. The minimum atomic E-state index is -4.75. The molecular formula is C22H22F4N6. The summed E-state index contributed by atoms with van der Waals surface area (Å²) in [4.78, 5) is 9.07. The lowest BCUT2D eigenvalue weighted by atomic mass is 9.73. The van der Waals surface area contributed by atoms with Crippen LogP contribution in [0.2, 0.25) is 0 Å². The number of hydrogen-bond donors (Lipinski definition) is 1. The fourth-order valence-electron chi connectivity index (χ4n) is 4.80. The zero-order valence-corrected chi connectivity index (χ0v) is 17.7. The zero-order chi connectivity index (χ0) is 22.7. The SMILES string of the molecule is Cc1nnc(NCc2cccc(C(F)(F)F)c2F)c2cc(N3CC4(CN(C)C4)C3)ncc12. The number of nitrogens with one attached hydrogen (secondary N) is 1. The van der Waals surface area contributed by atoms with Crippen molar-refractivity contribution in [2.45, 2.75) is 19.6 Å². The van der Waals surface area contributed by atoms with E-state index in [2.05, 4.69) is 37.3 Å². The lowest BCUT2D eigenvalue weighted by molar-refractivity contribution is -0.140. The van der Waals surface area contributed by atoms with E-state index in [-0.39, 0.29) is 12.1 Å². The minimum Gasteiger partial charge on any atom is -0.364 e. The molecule has 1 aromatic carbocycles. The van der Waals surface area contributed by atoms with Crippen molar-refractivity contribution in [3.8, 4) is 0 Å². The second-order valence-electron chi connectivity index (χ2n) is 8.88. The van der Waals surface area contributed by atoms with Gasteiger partial charge in [0, 0.05) is 60.7 Å². The maximum Gasteiger partial charge on any atom is 0.419 e. The number of nitrogens with zero attached hydrogens (tertiary/aromatic N) is 5. The number of benzene rings is 1. The monoisotopic (exact) mass is 446 g/mol. The van der Waals surface area contributed by atoms with Crippen LogP contribution in [0.3, 0.4) is 0 Å². The van der Waals surface area contributed by atoms with Crippen LogP contribution in [0.1, 0.15) is 16.8 Å². The number of hydrogen-bond acceptors (Lipinski definition) is 6. The van der Waals surface area contributed by atoms with E-state index < -0.39 is 17.6 Å². The Hall–Kier alpha value is -3.01. The molecule has 2 aliphatic heterocycles. The standard InChI is InChI=1S/C22H22F4N6/c1-13-16-8-27-18(32-11-21(12-32)9-31(2)10-21)6-15(16)20(30-29-13)28-7-14-4-3-5-17(19(14)23)22(24,25)26/h3-6,8H,7,9-12H2,1-2H3,(H,28,30). The first-order chi connectivity index (χ1) is 15.2. The van der Waals surface area contributed by atoms with Crippen LogP contribution < -0.4 is 10.2 Å². The summed E-state index contributed by atoms with van der Waals surface area (Å²) in [6.45, 7) is 5.69. The van der Waals surface area contributed by atoms with Gasteiger partial charge in [0.2, 0.25) is 0 Å². The number of halogens is 4. The number of anilines is 2. The summed E-state index contributed by atoms with van der Waals surface area (Å²) in [5.41, 5.74) is -0.338. The van der Waals surface area contributed by atoms with E-state index in [1.807, 2.05) is 13.0 Å². The first-order valence-electron chi connectivity index (χ1n) is 10.3. The highest BCUT2D eigenvalue weighted by molar-refractivity contribution is 5.94. The molecule has 2 fully saturated rings. The maximum atomic E-state index is 14.4. The number of likely N-dealkylation sites (tertiary alicyclic amines) is 1. The molecule has 0 radical (unpaired) electrons. The van der Waals surface area contributed by atoms with E-state index in [1.54, 1.807) is 6.20 Å². The highest BCUT2D eigenvalue weighted by Gasteiger charge is 2.50. The van der Waals surface area contributed by atoms with Crippen LogP contribution in [0.25, 0.3) is 10.8 Å². The zero-order valence-electron chi connectivity index (χ0n) is 17.7. The van der Waals surface area contributed by atoms with Crippen molar-refractivity contribution in [1.29, 1.82) is 0 Å². The Kier molecular flexibility index (Phi) is 4.74. The molecule has 168 valence electrons. The van der Waals surface area contributed by atoms with Crippen molar-refractivity contribution >= 4 is 22.4 Å². The smallest absolute Gasteiger partial charge is 0.364 e. The lowest BCUT2D eigenvalue weighted by Crippen LogP contribution is -2.71. The highest BCUT2D eigenvalue weighted by Crippen LogP contribution is 2.41. The molecule has 2 aromatic heterocycles. The third kappa shape index (κ3) is 3.52. The van der Waals surface area contributed by atoms with E-state index >= 15 is 0 Å². The molecule has 5 rings (SSSR count). The maximum absolute atomic E-state index is 14.4. The topological polar surface area (TPSA) is 57.2 Å². The Balaban J connectivity index is 1.40. The normalized spacial score (nSPS) is 18.0. The predicted molar refractivity (Wildman–Crippen MR) is 113 cm³/mol. The van der Waals surface area contributed by atoms with Gasteiger partial charge in [-0.1, -0.05) is 12.1 Å². The number of aromatic nitrogens is 3. The van der Waals surface area contributed by atoms with Gasteiger partial charge in [-0.3, -0.25) is 0 Å². The quantitative estimate of drug-likeness (QED) is 0.615. The first kappa shape index (κ1) is 20.9. The van der Waals surface area contributed by atoms with E-state index in [0.29, 0.717) is 16.9 Å². The van der Waals surface area contributed by atoms with Crippen LogP contribution in [0.5, 0.6) is 0 Å². The van der Waals surface area contributed by atoms with Gasteiger partial charge in [-0.15, -0.1) is 5.10 Å². The van der Waals surface area contributed by atoms with Gasteiger partial charge >= 0.3 is 6.18 Å². The van der Waals surface area contributed by atoms with Crippen LogP contribution in [0.4, 0.5) is 29.2 Å². The molecule has 2 saturated heterocycles. The number of aryl methyl sites for hydroxylation is 1. The molecule has 1 spiro atoms. The molecule has 0 atom stereocenters. The minimum absolute atomic E-state index is 0.0941. The van der Waals surface area contributed by atoms with Crippen LogP contribution >= 0.6 is 0 Å². The summed E-state index contributed by atoms with van der Waals surface area (Å²) in [6, 6.07) is 5.17. The fraction of sp³-hybridized carbons (Fsp3) is 0.409. The van der Waals surface area contributed by atoms with Crippen molar-refractivity contribution in [3.05, 3.63) is 53.1 Å². The second-order valence-corrected chi connectivity index (χ2v) is 8.88. The number of alkyl halides is 3. The first-order valence-corrected chi connectivity index (χ1v) is 10.3. The van der Waals surface area contributed by atoms with Gasteiger partial charge in [0.25, 0.3) is 0 Å². The Morgan fingerprint density at radius 1 is 1.09 bits per heavy atom. The molecule has 0 unspecified atom stereocenters. The molecule has 6 nitrogen and oxygen atoms in total. The van der Waals surface area contributed by atoms with E-state index in [4.69, 9.17) is 0 Å². The Morgan fingerprint density at radius 2 is 1.84 bits per heavy atom. The number of pyridine rings is 1. The third-order valence-corrected chi connectivity index (χ3v) is 6.25. The average Bonchev–Trinajstić information content (AvgIpc) is 2.69. The van der Waals surface area contributed by atoms with Crippen molar-refractivity contribution in [3.63, 3.8) is 0 Å². The molecule has 32 heavy (non-hydrogen) atoms. The Bertz CT molecular complexity index is 1180. The summed E-state index contributed by atoms with van der Waals surface area (Å²) in [5.74, 6) is -0.0846. The summed E-state index contributed by atoms with van der Waals surface area (Å²) in [7, 11) is 2.11. The predicted octanol–water partition coefficient (Wildman–Crippen LogP) is 3.86. The van der Waals surface area contributed by atoms with Gasteiger partial charge in [0.05, 0.1) is 11.3 Å². The third-order valence-electron chi connectivity index (χ3n) is 6.25. The van der Waals surface area contributed by atoms with Crippen molar-refractivity contribution in [2.24, 2.45) is 5.41 Å². The summed E-state index contributed by atoms with van der Waals surface area (Å²) >= 11 is 0. The Morgan fingerprint density at radius 3 is 2.53 bits per heavy atom. The summed E-state index contributed by atoms with van der Waals surface area (Å²) < 4.78 is 53.4. The molecule has 0 bridgehead atoms. The van der Waals surface area contributed by atoms with E-state index in [0.717, 1.165) is 48.8 Å². The molecule has 0 saturated carbocycles. The van der Waals surface area contributed by atoms with Crippen LogP contribution in [-0.4, -0.2) is 53.3 Å². The summed E-state index contributed by atoms with van der Waals surface area (Å²) in [6.07, 6.45) is -3.01. The van der Waals surface area contributed by atoms with Crippen LogP contribution in [0.15, 0.2) is 30.5 Å². The van der Waals surface area contributed by atoms with E-state index in [1.165, 1.54) is 12.1 Å². The van der Waals surface area contributed by atoms with Crippen LogP contribution in [0, 0.1) is 18.2 Å². The molecular weight excluding hydrogens is 424 g/mol. The van der Waals surface area contributed by atoms with Crippen molar-refractivity contribution in [1.82, 2.24) is 20.1 Å². The largest absolute Gasteiger partial charge is 0.419 e. The van der Waals surface area contributed by atoms with Gasteiger partial charge in [0.15, 0.2) is 5.82 Å². The van der Waals surface area contributed by atoms with Gasteiger partial charge in [-0.2, -0.15) is 18.3 Å². The van der Waals surface area contributed by atoms with Crippen molar-refractivity contribution in [2.75, 3.05) is 43.4 Å². The van der Waals surface area contributed by atoms with Gasteiger partial charge in [0.1, 0.15) is 11.6 Å². The molecule has 0 amide bonds. The van der Waals surface area contributed by atoms with Gasteiger partial charge in [-0.05, 0) is 26.1 Å². The van der Waals surface area contributed by atoms with Crippen molar-refractivity contribution < 1.29 is 17.6 Å². The van der Waals surface area contributed by atoms with Crippen LogP contribution in [-0.2, 0) is 12.7 Å². The second kappa shape index (κ2) is 7.26. The average molecular weight is 446 g/mol. The van der Waals surface area contributed by atoms with E-state index in [9.17, 15) is 17.6 Å². The molecule has 4 heterocycles. The highest BCUT2D eigenvalue weighted by atomic mass is 19.4. The molecule has 1 N–H and O–H groups in total. The summed E-state index contributed by atoms with van der Waals surface area (Å²) in [5, 5.41) is 12.8. The van der Waals surface area contributed by atoms with Gasteiger partial charge in [-0.25, -0.2) is 9.37 Å². The molecule has 2 aliphatic rings. The number of fused-ring (bicyclic) bond motifs is 1. The Labute approximate surface area is 182 Å². The lowest BCUT2D eigenvalue weighted by Gasteiger charge is -2.59. The molecule has 10 heteroatoms. The number of rotatable bonds is 4. The molecule has 0 aliphatic carbocycles.